The molecule has 88 valence electrons. The highest BCUT2D eigenvalue weighted by atomic mass is 32.2. The normalized spacial score (nSPS) is 10.1. The van der Waals surface area contributed by atoms with Crippen LogP contribution in [-0.2, 0) is 9.53 Å². The maximum Gasteiger partial charge on any atom is 0.305 e. The largest absolute Gasteiger partial charge is 0.466 e. The predicted octanol–water partition coefficient (Wildman–Crippen LogP) is 2.91. The molecule has 1 aromatic heterocycles. The molecule has 4 heteroatoms. The summed E-state index contributed by atoms with van der Waals surface area (Å²) >= 11 is 1.72. The molecule has 0 saturated carbocycles. The van der Waals surface area contributed by atoms with Gasteiger partial charge in [-0.1, -0.05) is 6.07 Å². The summed E-state index contributed by atoms with van der Waals surface area (Å²) in [5, 5.41) is 1.04. The van der Waals surface area contributed by atoms with Gasteiger partial charge in [0.05, 0.1) is 11.6 Å². The number of pyridine rings is 1. The molecule has 1 heterocycles. The number of hydrogen-bond acceptors (Lipinski definition) is 4. The number of unbranched alkanes of at least 4 members (excludes halogenated alkanes) is 1. The SMILES string of the molecule is CCOC(=O)CCCCSc1ccccn1. The molecule has 0 aliphatic rings. The molecule has 0 aliphatic heterocycles. The van der Waals surface area contributed by atoms with Crippen molar-refractivity contribution >= 4 is 17.7 Å². The van der Waals surface area contributed by atoms with E-state index in [0.29, 0.717) is 13.0 Å². The van der Waals surface area contributed by atoms with Gasteiger partial charge in [0, 0.05) is 12.6 Å². The first kappa shape index (κ1) is 13.0. The Kier molecular flexibility index (Phi) is 6.65. The van der Waals surface area contributed by atoms with Gasteiger partial charge < -0.3 is 4.74 Å². The molecular weight excluding hydrogens is 222 g/mol. The molecule has 0 bridgehead atoms. The second kappa shape index (κ2) is 8.16. The summed E-state index contributed by atoms with van der Waals surface area (Å²) in [5.74, 6) is 0.904. The number of nitrogens with zero attached hydrogens (tertiary/aromatic N) is 1. The lowest BCUT2D eigenvalue weighted by atomic mass is 10.2. The minimum atomic E-state index is -0.0923. The number of carbonyl (C=O) groups excluding carboxylic acids is 1. The summed E-state index contributed by atoms with van der Waals surface area (Å²) in [7, 11) is 0. The Morgan fingerprint density at radius 3 is 3.00 bits per heavy atom. The Morgan fingerprint density at radius 1 is 1.44 bits per heavy atom. The van der Waals surface area contributed by atoms with E-state index in [1.54, 1.807) is 18.0 Å². The molecule has 0 aliphatic carbocycles. The third-order valence-corrected chi connectivity index (χ3v) is 3.00. The number of carbonyl (C=O) groups is 1. The van der Waals surface area contributed by atoms with Crippen LogP contribution in [0.4, 0.5) is 0 Å². The average Bonchev–Trinajstić information content (AvgIpc) is 2.30. The first-order chi connectivity index (χ1) is 7.83. The lowest BCUT2D eigenvalue weighted by molar-refractivity contribution is -0.143. The molecule has 3 nitrogen and oxygen atoms in total. The maximum atomic E-state index is 11.0. The van der Waals surface area contributed by atoms with Gasteiger partial charge in [-0.05, 0) is 37.7 Å². The molecule has 0 unspecified atom stereocenters. The van der Waals surface area contributed by atoms with Crippen LogP contribution in [-0.4, -0.2) is 23.3 Å². The van der Waals surface area contributed by atoms with Crippen molar-refractivity contribution in [2.24, 2.45) is 0 Å². The first-order valence-electron chi connectivity index (χ1n) is 5.52. The van der Waals surface area contributed by atoms with E-state index in [1.165, 1.54) is 0 Å². The highest BCUT2D eigenvalue weighted by molar-refractivity contribution is 7.99. The molecule has 0 fully saturated rings. The Bertz CT molecular complexity index is 303. The standard InChI is InChI=1S/C12H17NO2S/c1-2-15-12(14)8-4-6-10-16-11-7-3-5-9-13-11/h3,5,7,9H,2,4,6,8,10H2,1H3. The van der Waals surface area contributed by atoms with Crippen LogP contribution in [0.3, 0.4) is 0 Å². The number of esters is 1. The van der Waals surface area contributed by atoms with Gasteiger partial charge in [-0.2, -0.15) is 0 Å². The van der Waals surface area contributed by atoms with Gasteiger partial charge in [0.25, 0.3) is 0 Å². The van der Waals surface area contributed by atoms with Crippen LogP contribution in [0.15, 0.2) is 29.4 Å². The van der Waals surface area contributed by atoms with Crippen LogP contribution in [0, 0.1) is 0 Å². The van der Waals surface area contributed by atoms with Crippen molar-refractivity contribution in [3.63, 3.8) is 0 Å². The molecule has 0 radical (unpaired) electrons. The molecular formula is C12H17NO2S. The quantitative estimate of drug-likeness (QED) is 0.416. The fourth-order valence-corrected chi connectivity index (χ4v) is 2.08. The topological polar surface area (TPSA) is 39.2 Å². The zero-order valence-corrected chi connectivity index (χ0v) is 10.3. The van der Waals surface area contributed by atoms with Gasteiger partial charge >= 0.3 is 5.97 Å². The lowest BCUT2D eigenvalue weighted by Gasteiger charge is -2.01. The van der Waals surface area contributed by atoms with E-state index >= 15 is 0 Å². The van der Waals surface area contributed by atoms with Crippen molar-refractivity contribution in [3.8, 4) is 0 Å². The van der Waals surface area contributed by atoms with Crippen LogP contribution in [0.5, 0.6) is 0 Å². The van der Waals surface area contributed by atoms with Crippen molar-refractivity contribution in [1.82, 2.24) is 4.98 Å². The number of thioether (sulfide) groups is 1. The van der Waals surface area contributed by atoms with E-state index in [-0.39, 0.29) is 5.97 Å². The van der Waals surface area contributed by atoms with Gasteiger partial charge in [0.1, 0.15) is 0 Å². The van der Waals surface area contributed by atoms with Crippen LogP contribution >= 0.6 is 11.8 Å². The molecule has 0 atom stereocenters. The zero-order valence-electron chi connectivity index (χ0n) is 9.52. The van der Waals surface area contributed by atoms with Crippen molar-refractivity contribution in [3.05, 3.63) is 24.4 Å². The van der Waals surface area contributed by atoms with Crippen molar-refractivity contribution in [1.29, 1.82) is 0 Å². The Balaban J connectivity index is 2.02. The second-order valence-electron chi connectivity index (χ2n) is 3.28. The third-order valence-electron chi connectivity index (χ3n) is 1.97. The van der Waals surface area contributed by atoms with Crippen LogP contribution < -0.4 is 0 Å². The predicted molar refractivity (Wildman–Crippen MR) is 65.4 cm³/mol. The lowest BCUT2D eigenvalue weighted by Crippen LogP contribution is -2.03. The summed E-state index contributed by atoms with van der Waals surface area (Å²) in [4.78, 5) is 15.2. The van der Waals surface area contributed by atoms with E-state index in [2.05, 4.69) is 4.98 Å². The zero-order chi connectivity index (χ0) is 11.6. The summed E-state index contributed by atoms with van der Waals surface area (Å²) in [6.07, 6.45) is 4.22. The summed E-state index contributed by atoms with van der Waals surface area (Å²) in [5.41, 5.74) is 0. The highest BCUT2D eigenvalue weighted by Crippen LogP contribution is 2.16. The molecule has 1 aromatic rings. The van der Waals surface area contributed by atoms with E-state index in [9.17, 15) is 4.79 Å². The van der Waals surface area contributed by atoms with E-state index < -0.39 is 0 Å². The summed E-state index contributed by atoms with van der Waals surface area (Å²) in [6.45, 7) is 2.30. The Hall–Kier alpha value is -1.03. The fourth-order valence-electron chi connectivity index (χ4n) is 1.21. The van der Waals surface area contributed by atoms with Crippen LogP contribution in [0.25, 0.3) is 0 Å². The van der Waals surface area contributed by atoms with Gasteiger partial charge in [-0.3, -0.25) is 4.79 Å². The first-order valence-corrected chi connectivity index (χ1v) is 6.51. The summed E-state index contributed by atoms with van der Waals surface area (Å²) < 4.78 is 4.85. The highest BCUT2D eigenvalue weighted by Gasteiger charge is 2.01. The third kappa shape index (κ3) is 5.75. The van der Waals surface area contributed by atoms with Gasteiger partial charge in [0.2, 0.25) is 0 Å². The van der Waals surface area contributed by atoms with Crippen molar-refractivity contribution in [2.45, 2.75) is 31.2 Å². The molecule has 0 aromatic carbocycles. The number of hydrogen-bond donors (Lipinski definition) is 0. The van der Waals surface area contributed by atoms with Gasteiger partial charge in [-0.15, -0.1) is 11.8 Å². The van der Waals surface area contributed by atoms with Gasteiger partial charge in [0.15, 0.2) is 0 Å². The van der Waals surface area contributed by atoms with E-state index in [4.69, 9.17) is 4.74 Å². The van der Waals surface area contributed by atoms with E-state index in [1.807, 2.05) is 25.1 Å². The molecule has 0 amide bonds. The smallest absolute Gasteiger partial charge is 0.305 e. The van der Waals surface area contributed by atoms with Crippen molar-refractivity contribution < 1.29 is 9.53 Å². The number of aromatic nitrogens is 1. The monoisotopic (exact) mass is 239 g/mol. The Labute approximate surface area is 101 Å². The fraction of sp³-hybridized carbons (Fsp3) is 0.500. The van der Waals surface area contributed by atoms with Crippen molar-refractivity contribution in [2.75, 3.05) is 12.4 Å². The van der Waals surface area contributed by atoms with Crippen LogP contribution in [0.1, 0.15) is 26.2 Å². The molecule has 0 saturated heterocycles. The number of ether oxygens (including phenoxy) is 1. The maximum absolute atomic E-state index is 11.0. The minimum absolute atomic E-state index is 0.0923. The minimum Gasteiger partial charge on any atom is -0.466 e. The molecule has 0 N–H and O–H groups in total. The molecule has 0 spiro atoms. The number of rotatable bonds is 7. The van der Waals surface area contributed by atoms with E-state index in [0.717, 1.165) is 23.6 Å². The Morgan fingerprint density at radius 2 is 2.31 bits per heavy atom. The van der Waals surface area contributed by atoms with Gasteiger partial charge in [-0.25, -0.2) is 4.98 Å². The summed E-state index contributed by atoms with van der Waals surface area (Å²) in [6, 6.07) is 5.88. The molecule has 1 rings (SSSR count). The van der Waals surface area contributed by atoms with Crippen LogP contribution in [0.2, 0.25) is 0 Å². The second-order valence-corrected chi connectivity index (χ2v) is 4.39. The average molecular weight is 239 g/mol. The molecule has 16 heavy (non-hydrogen) atoms.